The first-order valence-corrected chi connectivity index (χ1v) is 12.1. The van der Waals surface area contributed by atoms with Crippen LogP contribution in [0.1, 0.15) is 27.0 Å². The standard InChI is InChI=1S/C25H29N3O3S/c1-18-9-14-24(15-19(18)2)28(32(5,30)31)17-20-10-12-22(13-11-20)26-25(29)21-7-6-8-23(16-21)27(3)4/h6-16H,17H2,1-5H3,(H,26,29). The predicted octanol–water partition coefficient (Wildman–Crippen LogP) is 4.59. The average Bonchev–Trinajstić information content (AvgIpc) is 2.74. The summed E-state index contributed by atoms with van der Waals surface area (Å²) in [5, 5.41) is 2.89. The van der Waals surface area contributed by atoms with Gasteiger partial charge in [0.25, 0.3) is 5.91 Å². The molecule has 32 heavy (non-hydrogen) atoms. The van der Waals surface area contributed by atoms with Crippen LogP contribution in [-0.4, -0.2) is 34.7 Å². The molecule has 0 saturated heterocycles. The van der Waals surface area contributed by atoms with E-state index < -0.39 is 10.0 Å². The molecule has 0 spiro atoms. The van der Waals surface area contributed by atoms with Crippen molar-refractivity contribution in [3.63, 3.8) is 0 Å². The number of benzene rings is 3. The van der Waals surface area contributed by atoms with Gasteiger partial charge < -0.3 is 10.2 Å². The first kappa shape index (κ1) is 23.3. The number of amides is 1. The molecule has 3 aromatic carbocycles. The van der Waals surface area contributed by atoms with Gasteiger partial charge in [-0.25, -0.2) is 8.42 Å². The molecular weight excluding hydrogens is 422 g/mol. The lowest BCUT2D eigenvalue weighted by Crippen LogP contribution is -2.29. The van der Waals surface area contributed by atoms with Crippen molar-refractivity contribution in [1.29, 1.82) is 0 Å². The van der Waals surface area contributed by atoms with Gasteiger partial charge in [-0.2, -0.15) is 0 Å². The molecule has 0 saturated carbocycles. The highest BCUT2D eigenvalue weighted by molar-refractivity contribution is 7.92. The molecule has 0 heterocycles. The molecule has 0 radical (unpaired) electrons. The van der Waals surface area contributed by atoms with Crippen LogP contribution in [0.2, 0.25) is 0 Å². The van der Waals surface area contributed by atoms with Crippen LogP contribution >= 0.6 is 0 Å². The number of rotatable bonds is 7. The van der Waals surface area contributed by atoms with E-state index in [2.05, 4.69) is 5.32 Å². The summed E-state index contributed by atoms with van der Waals surface area (Å²) >= 11 is 0. The first-order valence-electron chi connectivity index (χ1n) is 10.3. The van der Waals surface area contributed by atoms with Crippen molar-refractivity contribution in [2.45, 2.75) is 20.4 Å². The van der Waals surface area contributed by atoms with Gasteiger partial charge in [-0.1, -0.05) is 24.3 Å². The Bertz CT molecular complexity index is 1220. The largest absolute Gasteiger partial charge is 0.378 e. The zero-order valence-electron chi connectivity index (χ0n) is 19.1. The Kier molecular flexibility index (Phi) is 6.89. The fourth-order valence-electron chi connectivity index (χ4n) is 3.27. The van der Waals surface area contributed by atoms with E-state index in [9.17, 15) is 13.2 Å². The van der Waals surface area contributed by atoms with Crippen LogP contribution in [0.4, 0.5) is 17.1 Å². The molecule has 0 aliphatic heterocycles. The normalized spacial score (nSPS) is 11.2. The van der Waals surface area contributed by atoms with Crippen LogP contribution in [0.25, 0.3) is 0 Å². The Hall–Kier alpha value is -3.32. The van der Waals surface area contributed by atoms with Gasteiger partial charge in [-0.15, -0.1) is 0 Å². The second-order valence-electron chi connectivity index (χ2n) is 8.13. The van der Waals surface area contributed by atoms with Crippen molar-refractivity contribution in [3.8, 4) is 0 Å². The van der Waals surface area contributed by atoms with E-state index in [-0.39, 0.29) is 12.5 Å². The maximum Gasteiger partial charge on any atom is 0.255 e. The summed E-state index contributed by atoms with van der Waals surface area (Å²) < 4.78 is 26.3. The van der Waals surface area contributed by atoms with Crippen LogP contribution in [-0.2, 0) is 16.6 Å². The van der Waals surface area contributed by atoms with Crippen LogP contribution in [0.15, 0.2) is 66.7 Å². The van der Waals surface area contributed by atoms with E-state index in [1.807, 2.05) is 81.4 Å². The highest BCUT2D eigenvalue weighted by Gasteiger charge is 2.18. The predicted molar refractivity (Wildman–Crippen MR) is 132 cm³/mol. The minimum atomic E-state index is -3.46. The van der Waals surface area contributed by atoms with Crippen molar-refractivity contribution in [2.75, 3.05) is 34.9 Å². The summed E-state index contributed by atoms with van der Waals surface area (Å²) in [6.45, 7) is 4.17. The minimum absolute atomic E-state index is 0.200. The van der Waals surface area contributed by atoms with Crippen LogP contribution in [0, 0.1) is 13.8 Å². The van der Waals surface area contributed by atoms with Crippen molar-refractivity contribution < 1.29 is 13.2 Å². The van der Waals surface area contributed by atoms with Gasteiger partial charge in [0.15, 0.2) is 0 Å². The van der Waals surface area contributed by atoms with E-state index >= 15 is 0 Å². The van der Waals surface area contributed by atoms with Gasteiger partial charge in [-0.3, -0.25) is 9.10 Å². The molecule has 3 aromatic rings. The number of carbonyl (C=O) groups excluding carboxylic acids is 1. The molecule has 7 heteroatoms. The third-order valence-electron chi connectivity index (χ3n) is 5.34. The summed E-state index contributed by atoms with van der Waals surface area (Å²) in [6.07, 6.45) is 1.21. The lowest BCUT2D eigenvalue weighted by atomic mass is 10.1. The topological polar surface area (TPSA) is 69.7 Å². The van der Waals surface area contributed by atoms with Gasteiger partial charge in [0, 0.05) is 31.0 Å². The van der Waals surface area contributed by atoms with Gasteiger partial charge in [0.05, 0.1) is 18.5 Å². The lowest BCUT2D eigenvalue weighted by molar-refractivity contribution is 0.102. The number of hydrogen-bond acceptors (Lipinski definition) is 4. The van der Waals surface area contributed by atoms with E-state index in [1.165, 1.54) is 10.6 Å². The Morgan fingerprint density at radius 3 is 2.16 bits per heavy atom. The van der Waals surface area contributed by atoms with Gasteiger partial charge in [0.1, 0.15) is 0 Å². The fraction of sp³-hybridized carbons (Fsp3) is 0.240. The molecule has 1 N–H and O–H groups in total. The van der Waals surface area contributed by atoms with Crippen molar-refractivity contribution >= 4 is 33.0 Å². The molecule has 0 aliphatic rings. The molecule has 1 amide bonds. The SMILES string of the molecule is Cc1ccc(N(Cc2ccc(NC(=O)c3cccc(N(C)C)c3)cc2)S(C)(=O)=O)cc1C. The fourth-order valence-corrected chi connectivity index (χ4v) is 4.15. The van der Waals surface area contributed by atoms with Crippen molar-refractivity contribution in [3.05, 3.63) is 89.0 Å². The average molecular weight is 452 g/mol. The maximum absolute atomic E-state index is 12.6. The van der Waals surface area contributed by atoms with E-state index in [0.717, 1.165) is 22.4 Å². The number of hydrogen-bond donors (Lipinski definition) is 1. The van der Waals surface area contributed by atoms with Crippen molar-refractivity contribution in [2.24, 2.45) is 0 Å². The lowest BCUT2D eigenvalue weighted by Gasteiger charge is -2.23. The molecule has 0 bridgehead atoms. The number of carbonyl (C=O) groups is 1. The van der Waals surface area contributed by atoms with Crippen LogP contribution < -0.4 is 14.5 Å². The second-order valence-corrected chi connectivity index (χ2v) is 10.0. The Morgan fingerprint density at radius 1 is 0.875 bits per heavy atom. The van der Waals surface area contributed by atoms with E-state index in [4.69, 9.17) is 0 Å². The molecule has 0 aliphatic carbocycles. The van der Waals surface area contributed by atoms with E-state index in [0.29, 0.717) is 16.9 Å². The molecule has 168 valence electrons. The highest BCUT2D eigenvalue weighted by atomic mass is 32.2. The number of aryl methyl sites for hydroxylation is 2. The monoisotopic (exact) mass is 451 g/mol. The number of nitrogens with one attached hydrogen (secondary N) is 1. The molecule has 3 rings (SSSR count). The number of sulfonamides is 1. The molecule has 6 nitrogen and oxygen atoms in total. The van der Waals surface area contributed by atoms with Crippen LogP contribution in [0.3, 0.4) is 0 Å². The molecule has 0 atom stereocenters. The Balaban J connectivity index is 1.76. The second kappa shape index (κ2) is 9.44. The quantitative estimate of drug-likeness (QED) is 0.571. The third-order valence-corrected chi connectivity index (χ3v) is 6.48. The smallest absolute Gasteiger partial charge is 0.255 e. The van der Waals surface area contributed by atoms with Crippen molar-refractivity contribution in [1.82, 2.24) is 0 Å². The van der Waals surface area contributed by atoms with Gasteiger partial charge in [-0.05, 0) is 73.0 Å². The van der Waals surface area contributed by atoms with Crippen LogP contribution in [0.5, 0.6) is 0 Å². The Labute approximate surface area is 190 Å². The molecule has 0 fully saturated rings. The third kappa shape index (κ3) is 5.68. The molecular formula is C25H29N3O3S. The summed E-state index contributed by atoms with van der Waals surface area (Å²) in [7, 11) is 0.386. The van der Waals surface area contributed by atoms with Gasteiger partial charge in [0.2, 0.25) is 10.0 Å². The highest BCUT2D eigenvalue weighted by Crippen LogP contribution is 2.24. The van der Waals surface area contributed by atoms with E-state index in [1.54, 1.807) is 18.2 Å². The number of nitrogens with zero attached hydrogens (tertiary/aromatic N) is 2. The Morgan fingerprint density at radius 2 is 1.56 bits per heavy atom. The minimum Gasteiger partial charge on any atom is -0.378 e. The summed E-state index contributed by atoms with van der Waals surface area (Å²) in [4.78, 5) is 14.5. The summed E-state index contributed by atoms with van der Waals surface area (Å²) in [6, 6.07) is 20.2. The zero-order chi connectivity index (χ0) is 23.5. The molecule has 0 unspecified atom stereocenters. The first-order chi connectivity index (χ1) is 15.0. The summed E-state index contributed by atoms with van der Waals surface area (Å²) in [5.41, 5.74) is 5.76. The van der Waals surface area contributed by atoms with Gasteiger partial charge >= 0.3 is 0 Å². The molecule has 0 aromatic heterocycles. The summed E-state index contributed by atoms with van der Waals surface area (Å²) in [5.74, 6) is -0.200. The maximum atomic E-state index is 12.6. The number of anilines is 3. The zero-order valence-corrected chi connectivity index (χ0v) is 19.9.